The Balaban J connectivity index is 1.32. The molecule has 3 nitrogen and oxygen atoms in total. The fourth-order valence-electron chi connectivity index (χ4n) is 4.96. The summed E-state index contributed by atoms with van der Waals surface area (Å²) in [5, 5.41) is 0. The molecule has 3 heteroatoms. The third-order valence-electron chi connectivity index (χ3n) is 6.57. The predicted octanol–water partition coefficient (Wildman–Crippen LogP) is 4.57. The van der Waals surface area contributed by atoms with E-state index in [0.29, 0.717) is 6.42 Å². The van der Waals surface area contributed by atoms with Crippen molar-refractivity contribution in [3.8, 4) is 5.75 Å². The lowest BCUT2D eigenvalue weighted by Gasteiger charge is -2.44. The number of nitrogens with zero attached hydrogens (tertiary/aromatic N) is 1. The highest BCUT2D eigenvalue weighted by atomic mass is 16.5. The van der Waals surface area contributed by atoms with E-state index in [-0.39, 0.29) is 11.4 Å². The van der Waals surface area contributed by atoms with Gasteiger partial charge >= 0.3 is 0 Å². The molecule has 140 valence electrons. The zero-order chi connectivity index (χ0) is 18.3. The van der Waals surface area contributed by atoms with Crippen molar-refractivity contribution in [3.63, 3.8) is 0 Å². The topological polar surface area (TPSA) is 29.5 Å². The fourth-order valence-corrected chi connectivity index (χ4v) is 4.96. The Morgan fingerprint density at radius 1 is 0.963 bits per heavy atom. The van der Waals surface area contributed by atoms with Crippen LogP contribution in [0.1, 0.15) is 59.2 Å². The Labute approximate surface area is 161 Å². The second kappa shape index (κ2) is 6.79. The Morgan fingerprint density at radius 3 is 2.41 bits per heavy atom. The molecule has 0 aromatic heterocycles. The van der Waals surface area contributed by atoms with E-state index in [1.807, 2.05) is 0 Å². The van der Waals surface area contributed by atoms with Gasteiger partial charge in [0.15, 0.2) is 5.78 Å². The molecule has 2 heterocycles. The van der Waals surface area contributed by atoms with Gasteiger partial charge in [-0.3, -0.25) is 9.69 Å². The van der Waals surface area contributed by atoms with Crippen LogP contribution in [-0.4, -0.2) is 29.4 Å². The highest BCUT2D eigenvalue weighted by Crippen LogP contribution is 2.41. The van der Waals surface area contributed by atoms with Gasteiger partial charge in [0.05, 0.1) is 12.0 Å². The molecule has 0 atom stereocenters. The number of carbonyl (C=O) groups is 1. The van der Waals surface area contributed by atoms with Gasteiger partial charge in [-0.25, -0.2) is 0 Å². The van der Waals surface area contributed by atoms with E-state index < -0.39 is 0 Å². The van der Waals surface area contributed by atoms with Crippen molar-refractivity contribution in [1.82, 2.24) is 4.90 Å². The first-order valence-corrected chi connectivity index (χ1v) is 10.4. The number of ketones is 1. The maximum Gasteiger partial charge on any atom is 0.170 e. The summed E-state index contributed by atoms with van der Waals surface area (Å²) in [6.45, 7) is 2.96. The molecule has 2 aromatic rings. The SMILES string of the molecule is O=C1CC2(CCN(Cc3ccccc3)CC2)Oc2cc3c(cc21)CCCC3. The van der Waals surface area contributed by atoms with Gasteiger partial charge in [-0.05, 0) is 54.5 Å². The van der Waals surface area contributed by atoms with Crippen molar-refractivity contribution in [1.29, 1.82) is 0 Å². The third-order valence-corrected chi connectivity index (χ3v) is 6.57. The van der Waals surface area contributed by atoms with Crippen LogP contribution in [0.15, 0.2) is 42.5 Å². The van der Waals surface area contributed by atoms with E-state index >= 15 is 0 Å². The van der Waals surface area contributed by atoms with Gasteiger partial charge in [-0.2, -0.15) is 0 Å². The maximum absolute atomic E-state index is 12.9. The van der Waals surface area contributed by atoms with E-state index in [1.54, 1.807) is 0 Å². The van der Waals surface area contributed by atoms with E-state index in [2.05, 4.69) is 47.4 Å². The molecule has 0 bridgehead atoms. The smallest absolute Gasteiger partial charge is 0.170 e. The largest absolute Gasteiger partial charge is 0.486 e. The van der Waals surface area contributed by atoms with Gasteiger partial charge in [-0.1, -0.05) is 30.3 Å². The van der Waals surface area contributed by atoms with Crippen LogP contribution in [0.4, 0.5) is 0 Å². The minimum atomic E-state index is -0.291. The molecule has 0 amide bonds. The van der Waals surface area contributed by atoms with Crippen LogP contribution in [-0.2, 0) is 19.4 Å². The third kappa shape index (κ3) is 3.29. The van der Waals surface area contributed by atoms with Gasteiger partial charge in [0.1, 0.15) is 11.4 Å². The van der Waals surface area contributed by atoms with Crippen molar-refractivity contribution in [2.24, 2.45) is 0 Å². The zero-order valence-electron chi connectivity index (χ0n) is 15.9. The average Bonchev–Trinajstić information content (AvgIpc) is 2.70. The molecule has 5 rings (SSSR count). The van der Waals surface area contributed by atoms with Crippen molar-refractivity contribution in [2.75, 3.05) is 13.1 Å². The number of likely N-dealkylation sites (tertiary alicyclic amines) is 1. The first-order chi connectivity index (χ1) is 13.2. The molecule has 0 saturated carbocycles. The van der Waals surface area contributed by atoms with Gasteiger partial charge in [0, 0.05) is 32.5 Å². The molecule has 0 unspecified atom stereocenters. The first-order valence-electron chi connectivity index (χ1n) is 10.4. The van der Waals surface area contributed by atoms with Crippen LogP contribution in [0.2, 0.25) is 0 Å². The van der Waals surface area contributed by atoms with Crippen molar-refractivity contribution in [3.05, 3.63) is 64.7 Å². The average molecular weight is 361 g/mol. The minimum absolute atomic E-state index is 0.279. The summed E-state index contributed by atoms with van der Waals surface area (Å²) in [5.74, 6) is 1.13. The number of aryl methyl sites for hydroxylation is 2. The molecule has 27 heavy (non-hydrogen) atoms. The highest BCUT2D eigenvalue weighted by Gasteiger charge is 2.43. The first kappa shape index (κ1) is 17.0. The lowest BCUT2D eigenvalue weighted by atomic mass is 9.80. The monoisotopic (exact) mass is 361 g/mol. The van der Waals surface area contributed by atoms with Crippen LogP contribution >= 0.6 is 0 Å². The van der Waals surface area contributed by atoms with Gasteiger partial charge in [0.2, 0.25) is 0 Å². The predicted molar refractivity (Wildman–Crippen MR) is 106 cm³/mol. The lowest BCUT2D eigenvalue weighted by Crippen LogP contribution is -2.50. The Bertz CT molecular complexity index is 850. The fraction of sp³-hybridized carbons (Fsp3) is 0.458. The summed E-state index contributed by atoms with van der Waals surface area (Å²) in [4.78, 5) is 15.4. The number of ether oxygens (including phenoxy) is 1. The van der Waals surface area contributed by atoms with E-state index in [4.69, 9.17) is 4.74 Å². The van der Waals surface area contributed by atoms with E-state index in [1.165, 1.54) is 29.5 Å². The van der Waals surface area contributed by atoms with Crippen molar-refractivity contribution in [2.45, 2.75) is 57.1 Å². The highest BCUT2D eigenvalue weighted by molar-refractivity contribution is 6.00. The van der Waals surface area contributed by atoms with Gasteiger partial charge < -0.3 is 4.74 Å². The summed E-state index contributed by atoms with van der Waals surface area (Å²) >= 11 is 0. The summed E-state index contributed by atoms with van der Waals surface area (Å²) in [6.07, 6.45) is 7.12. The Hall–Kier alpha value is -2.13. The molecular weight excluding hydrogens is 334 g/mol. The summed E-state index contributed by atoms with van der Waals surface area (Å²) in [7, 11) is 0. The Kier molecular flexibility index (Phi) is 4.28. The lowest BCUT2D eigenvalue weighted by molar-refractivity contribution is -0.0108. The van der Waals surface area contributed by atoms with E-state index in [9.17, 15) is 4.79 Å². The quantitative estimate of drug-likeness (QED) is 0.785. The van der Waals surface area contributed by atoms with Crippen LogP contribution < -0.4 is 4.74 Å². The number of piperidine rings is 1. The normalized spacial score (nSPS) is 21.4. The number of benzene rings is 2. The molecule has 0 N–H and O–H groups in total. The summed E-state index contributed by atoms with van der Waals surface area (Å²) in [6, 6.07) is 14.9. The van der Waals surface area contributed by atoms with Crippen LogP contribution in [0.3, 0.4) is 0 Å². The molecule has 2 aliphatic heterocycles. The number of carbonyl (C=O) groups excluding carboxylic acids is 1. The van der Waals surface area contributed by atoms with Crippen molar-refractivity contribution >= 4 is 5.78 Å². The summed E-state index contributed by atoms with van der Waals surface area (Å²) < 4.78 is 6.55. The van der Waals surface area contributed by atoms with Crippen LogP contribution in [0.25, 0.3) is 0 Å². The van der Waals surface area contributed by atoms with Gasteiger partial charge in [0.25, 0.3) is 0 Å². The summed E-state index contributed by atoms with van der Waals surface area (Å²) in [5.41, 5.74) is 4.65. The zero-order valence-corrected chi connectivity index (χ0v) is 15.9. The van der Waals surface area contributed by atoms with Crippen LogP contribution in [0, 0.1) is 0 Å². The molecular formula is C24H27NO2. The molecule has 2 aromatic carbocycles. The van der Waals surface area contributed by atoms with E-state index in [0.717, 1.165) is 56.6 Å². The Morgan fingerprint density at radius 2 is 1.67 bits per heavy atom. The number of fused-ring (bicyclic) bond motifs is 2. The molecule has 3 aliphatic rings. The number of hydrogen-bond acceptors (Lipinski definition) is 3. The van der Waals surface area contributed by atoms with Gasteiger partial charge in [-0.15, -0.1) is 0 Å². The molecule has 1 aliphatic carbocycles. The maximum atomic E-state index is 12.9. The number of Topliss-reactive ketones (excluding diaryl/α,β-unsaturated/α-hetero) is 1. The molecule has 0 radical (unpaired) electrons. The second-order valence-corrected chi connectivity index (χ2v) is 8.47. The molecule has 1 spiro atoms. The molecule has 1 fully saturated rings. The van der Waals surface area contributed by atoms with Crippen LogP contribution in [0.5, 0.6) is 5.75 Å². The standard InChI is InChI=1S/C24H27NO2/c26-22-16-24(10-12-25(13-11-24)17-18-6-2-1-3-7-18)27-23-15-20-9-5-4-8-19(20)14-21(22)23/h1-3,6-7,14-15H,4-5,8-13,16-17H2. The minimum Gasteiger partial charge on any atom is -0.486 e. The molecule has 1 saturated heterocycles. The number of hydrogen-bond donors (Lipinski definition) is 0. The van der Waals surface area contributed by atoms with Crippen molar-refractivity contribution < 1.29 is 9.53 Å². The second-order valence-electron chi connectivity index (χ2n) is 8.47. The number of rotatable bonds is 2.